The molecule has 4 heteroatoms. The number of hydrogen-bond donors (Lipinski definition) is 1. The quantitative estimate of drug-likeness (QED) is 0.876. The summed E-state index contributed by atoms with van der Waals surface area (Å²) in [4.78, 5) is 2.50. The van der Waals surface area contributed by atoms with Crippen molar-refractivity contribution < 1.29 is 9.47 Å². The van der Waals surface area contributed by atoms with Gasteiger partial charge in [-0.05, 0) is 49.7 Å². The van der Waals surface area contributed by atoms with Gasteiger partial charge in [0.15, 0.2) is 0 Å². The summed E-state index contributed by atoms with van der Waals surface area (Å²) in [6, 6.07) is 16.9. The van der Waals surface area contributed by atoms with Crippen LogP contribution in [-0.4, -0.2) is 38.3 Å². The number of ether oxygens (including phenoxy) is 2. The van der Waals surface area contributed by atoms with Crippen molar-refractivity contribution >= 4 is 5.69 Å². The van der Waals surface area contributed by atoms with Crippen molar-refractivity contribution in [3.63, 3.8) is 0 Å². The first-order valence-electron chi connectivity index (χ1n) is 8.53. The highest BCUT2D eigenvalue weighted by atomic mass is 16.5. The molecule has 2 aromatic rings. The molecule has 0 amide bonds. The second-order valence-electron chi connectivity index (χ2n) is 6.26. The third-order valence-corrected chi connectivity index (χ3v) is 4.55. The topological polar surface area (TPSA) is 33.7 Å². The average Bonchev–Trinajstić information content (AvgIpc) is 2.63. The van der Waals surface area contributed by atoms with Crippen LogP contribution in [0.5, 0.6) is 11.5 Å². The Balaban J connectivity index is 1.59. The first-order chi connectivity index (χ1) is 11.8. The molecule has 0 aliphatic carbocycles. The molecule has 4 nitrogen and oxygen atoms in total. The van der Waals surface area contributed by atoms with Crippen molar-refractivity contribution in [1.29, 1.82) is 0 Å². The largest absolute Gasteiger partial charge is 0.497 e. The van der Waals surface area contributed by atoms with Crippen molar-refractivity contribution in [2.75, 3.05) is 32.6 Å². The lowest BCUT2D eigenvalue weighted by molar-refractivity contribution is 0.206. The van der Waals surface area contributed by atoms with Gasteiger partial charge in [0.1, 0.15) is 11.5 Å². The Hall–Kier alpha value is -2.20. The summed E-state index contributed by atoms with van der Waals surface area (Å²) < 4.78 is 10.7. The van der Waals surface area contributed by atoms with Gasteiger partial charge in [-0.3, -0.25) is 4.90 Å². The summed E-state index contributed by atoms with van der Waals surface area (Å²) in [7, 11) is 3.43. The van der Waals surface area contributed by atoms with Gasteiger partial charge in [-0.2, -0.15) is 0 Å². The molecule has 0 radical (unpaired) electrons. The Bertz CT molecular complexity index is 642. The number of methoxy groups -OCH3 is 2. The maximum Gasteiger partial charge on any atom is 0.123 e. The molecule has 0 aromatic heterocycles. The van der Waals surface area contributed by atoms with Gasteiger partial charge in [0.05, 0.1) is 14.2 Å². The zero-order valence-electron chi connectivity index (χ0n) is 14.5. The van der Waals surface area contributed by atoms with Crippen molar-refractivity contribution in [2.45, 2.75) is 25.4 Å². The second-order valence-corrected chi connectivity index (χ2v) is 6.26. The minimum atomic E-state index is 0.474. The molecular weight excluding hydrogens is 300 g/mol. The SMILES string of the molecule is COc1ccc(N[C@H]2CCCN(Cc3ccccc3OC)C2)cc1. The molecule has 1 aliphatic heterocycles. The average molecular weight is 326 g/mol. The molecule has 2 aromatic carbocycles. The smallest absolute Gasteiger partial charge is 0.123 e. The van der Waals surface area contributed by atoms with Crippen molar-refractivity contribution in [2.24, 2.45) is 0 Å². The molecule has 1 saturated heterocycles. The molecule has 0 saturated carbocycles. The van der Waals surface area contributed by atoms with Gasteiger partial charge < -0.3 is 14.8 Å². The molecule has 3 rings (SSSR count). The lowest BCUT2D eigenvalue weighted by Crippen LogP contribution is -2.41. The third-order valence-electron chi connectivity index (χ3n) is 4.55. The van der Waals surface area contributed by atoms with E-state index in [0.29, 0.717) is 6.04 Å². The van der Waals surface area contributed by atoms with Crippen molar-refractivity contribution in [3.8, 4) is 11.5 Å². The lowest BCUT2D eigenvalue weighted by atomic mass is 10.0. The summed E-state index contributed by atoms with van der Waals surface area (Å²) in [6.07, 6.45) is 2.41. The Morgan fingerprint density at radius 3 is 2.58 bits per heavy atom. The fourth-order valence-corrected chi connectivity index (χ4v) is 3.31. The van der Waals surface area contributed by atoms with Crippen LogP contribution in [0.25, 0.3) is 0 Å². The second kappa shape index (κ2) is 8.06. The van der Waals surface area contributed by atoms with Crippen LogP contribution in [0.4, 0.5) is 5.69 Å². The molecule has 24 heavy (non-hydrogen) atoms. The van der Waals surface area contributed by atoms with E-state index in [-0.39, 0.29) is 0 Å². The summed E-state index contributed by atoms with van der Waals surface area (Å²) >= 11 is 0. The van der Waals surface area contributed by atoms with E-state index >= 15 is 0 Å². The standard InChI is InChI=1S/C20H26N2O2/c1-23-19-11-9-17(10-12-19)21-18-7-5-13-22(15-18)14-16-6-3-4-8-20(16)24-2/h3-4,6,8-12,18,21H,5,7,13-15H2,1-2H3/t18-/m0/s1. The molecule has 1 N–H and O–H groups in total. The highest BCUT2D eigenvalue weighted by Crippen LogP contribution is 2.23. The summed E-state index contributed by atoms with van der Waals surface area (Å²) in [5.74, 6) is 1.87. The predicted molar refractivity (Wildman–Crippen MR) is 97.9 cm³/mol. The van der Waals surface area contributed by atoms with Crippen LogP contribution in [0.2, 0.25) is 0 Å². The highest BCUT2D eigenvalue weighted by Gasteiger charge is 2.20. The monoisotopic (exact) mass is 326 g/mol. The molecule has 1 heterocycles. The first-order valence-corrected chi connectivity index (χ1v) is 8.53. The van der Waals surface area contributed by atoms with Gasteiger partial charge in [-0.25, -0.2) is 0 Å². The zero-order chi connectivity index (χ0) is 16.8. The van der Waals surface area contributed by atoms with E-state index < -0.39 is 0 Å². The van der Waals surface area contributed by atoms with Crippen LogP contribution >= 0.6 is 0 Å². The molecule has 1 atom stereocenters. The Morgan fingerprint density at radius 1 is 1.04 bits per heavy atom. The maximum atomic E-state index is 5.48. The fourth-order valence-electron chi connectivity index (χ4n) is 3.31. The number of rotatable bonds is 6. The van der Waals surface area contributed by atoms with Crippen LogP contribution in [0.1, 0.15) is 18.4 Å². The van der Waals surface area contributed by atoms with Crippen LogP contribution in [0, 0.1) is 0 Å². The van der Waals surface area contributed by atoms with E-state index in [1.165, 1.54) is 18.4 Å². The zero-order valence-corrected chi connectivity index (χ0v) is 14.5. The predicted octanol–water partition coefficient (Wildman–Crippen LogP) is 3.78. The fraction of sp³-hybridized carbons (Fsp3) is 0.400. The normalized spacial score (nSPS) is 18.2. The van der Waals surface area contributed by atoms with Gasteiger partial charge >= 0.3 is 0 Å². The molecule has 0 bridgehead atoms. The number of para-hydroxylation sites is 1. The number of benzene rings is 2. The maximum absolute atomic E-state index is 5.48. The van der Waals surface area contributed by atoms with E-state index in [0.717, 1.165) is 36.8 Å². The van der Waals surface area contributed by atoms with E-state index in [1.807, 2.05) is 24.3 Å². The number of nitrogens with zero attached hydrogens (tertiary/aromatic N) is 1. The molecule has 0 unspecified atom stereocenters. The number of hydrogen-bond acceptors (Lipinski definition) is 4. The molecule has 0 spiro atoms. The molecule has 1 fully saturated rings. The van der Waals surface area contributed by atoms with Crippen LogP contribution in [-0.2, 0) is 6.54 Å². The Labute approximate surface area is 144 Å². The van der Waals surface area contributed by atoms with E-state index in [4.69, 9.17) is 9.47 Å². The third kappa shape index (κ3) is 4.20. The van der Waals surface area contributed by atoms with Gasteiger partial charge in [-0.1, -0.05) is 18.2 Å². The van der Waals surface area contributed by atoms with Gasteiger partial charge in [0.2, 0.25) is 0 Å². The van der Waals surface area contributed by atoms with Crippen molar-refractivity contribution in [3.05, 3.63) is 54.1 Å². The summed E-state index contributed by atoms with van der Waals surface area (Å²) in [5, 5.41) is 3.65. The molecule has 128 valence electrons. The van der Waals surface area contributed by atoms with Gasteiger partial charge in [0, 0.05) is 30.4 Å². The lowest BCUT2D eigenvalue weighted by Gasteiger charge is -2.34. The van der Waals surface area contributed by atoms with E-state index in [9.17, 15) is 0 Å². The highest BCUT2D eigenvalue weighted by molar-refractivity contribution is 5.47. The van der Waals surface area contributed by atoms with Crippen LogP contribution in [0.15, 0.2) is 48.5 Å². The molecular formula is C20H26N2O2. The van der Waals surface area contributed by atoms with E-state index in [1.54, 1.807) is 14.2 Å². The summed E-state index contributed by atoms with van der Waals surface area (Å²) in [6.45, 7) is 3.12. The number of piperidine rings is 1. The van der Waals surface area contributed by atoms with Crippen molar-refractivity contribution in [1.82, 2.24) is 4.90 Å². The molecule has 1 aliphatic rings. The Morgan fingerprint density at radius 2 is 1.83 bits per heavy atom. The summed E-state index contributed by atoms with van der Waals surface area (Å²) in [5.41, 5.74) is 2.41. The number of nitrogens with one attached hydrogen (secondary N) is 1. The number of likely N-dealkylation sites (tertiary alicyclic amines) is 1. The van der Waals surface area contributed by atoms with E-state index in [2.05, 4.69) is 34.5 Å². The minimum absolute atomic E-state index is 0.474. The first kappa shape index (κ1) is 16.7. The van der Waals surface area contributed by atoms with Crippen LogP contribution < -0.4 is 14.8 Å². The number of anilines is 1. The minimum Gasteiger partial charge on any atom is -0.497 e. The van der Waals surface area contributed by atoms with Gasteiger partial charge in [0.25, 0.3) is 0 Å². The van der Waals surface area contributed by atoms with Gasteiger partial charge in [-0.15, -0.1) is 0 Å². The Kier molecular flexibility index (Phi) is 5.59. The van der Waals surface area contributed by atoms with Crippen LogP contribution in [0.3, 0.4) is 0 Å².